The average Bonchev–Trinajstić information content (AvgIpc) is 2.33. The first-order chi connectivity index (χ1) is 4.86. The van der Waals surface area contributed by atoms with E-state index in [-0.39, 0.29) is 0 Å². The van der Waals surface area contributed by atoms with Gasteiger partial charge in [0.15, 0.2) is 0 Å². The van der Waals surface area contributed by atoms with Crippen LogP contribution in [0.2, 0.25) is 0 Å². The Balaban J connectivity index is 2.60. The molecule has 0 spiro atoms. The highest BCUT2D eigenvalue weighted by Crippen LogP contribution is 2.25. The molecule has 0 saturated carbocycles. The van der Waals surface area contributed by atoms with Gasteiger partial charge in [-0.25, -0.2) is 0 Å². The molecule has 0 aliphatic carbocycles. The fourth-order valence-corrected chi connectivity index (χ4v) is 1.12. The number of rotatable bonds is 0. The van der Waals surface area contributed by atoms with E-state index in [1.165, 1.54) is 5.56 Å². The fraction of sp³-hybridized carbons (Fsp3) is 0.125. The topological polar surface area (TPSA) is 38.4 Å². The van der Waals surface area contributed by atoms with E-state index in [0.29, 0.717) is 0 Å². The van der Waals surface area contributed by atoms with Gasteiger partial charge in [-0.2, -0.15) is 0 Å². The molecule has 10 heavy (non-hydrogen) atoms. The van der Waals surface area contributed by atoms with Crippen molar-refractivity contribution in [3.63, 3.8) is 0 Å². The van der Waals surface area contributed by atoms with Crippen molar-refractivity contribution in [1.29, 1.82) is 0 Å². The number of nitrogens with two attached hydrogens (primary N) is 1. The maximum atomic E-state index is 5.56. The second-order valence-electron chi connectivity index (χ2n) is 2.40. The smallest absolute Gasteiger partial charge is 0.0682 e. The molecule has 0 atom stereocenters. The lowest BCUT2D eigenvalue weighted by Crippen LogP contribution is -1.84. The maximum Gasteiger partial charge on any atom is 0.0682 e. The predicted octanol–water partition coefficient (Wildman–Crippen LogP) is 1.53. The highest BCUT2D eigenvalue weighted by molar-refractivity contribution is 5.77. The first-order valence-electron chi connectivity index (χ1n) is 3.27. The van der Waals surface area contributed by atoms with Gasteiger partial charge in [-0.3, -0.25) is 4.99 Å². The summed E-state index contributed by atoms with van der Waals surface area (Å²) in [6, 6.07) is 5.84. The molecule has 2 rings (SSSR count). The Labute approximate surface area is 59.4 Å². The van der Waals surface area contributed by atoms with Crippen molar-refractivity contribution < 1.29 is 0 Å². The molecular formula is C8H8N2. The minimum absolute atomic E-state index is 0.790. The standard InChI is InChI=1S/C8H8N2/c9-7-2-1-6-3-4-10-8(6)5-7/h1-2,4-5H,3,9H2. The van der Waals surface area contributed by atoms with Crippen molar-refractivity contribution in [1.82, 2.24) is 0 Å². The van der Waals surface area contributed by atoms with Crippen molar-refractivity contribution in [3.8, 4) is 0 Å². The molecule has 0 amide bonds. The van der Waals surface area contributed by atoms with Gasteiger partial charge in [0.05, 0.1) is 5.69 Å². The monoisotopic (exact) mass is 132 g/mol. The van der Waals surface area contributed by atoms with Gasteiger partial charge in [0.1, 0.15) is 0 Å². The molecule has 0 unspecified atom stereocenters. The van der Waals surface area contributed by atoms with Crippen LogP contribution in [0.4, 0.5) is 11.4 Å². The zero-order valence-electron chi connectivity index (χ0n) is 5.54. The van der Waals surface area contributed by atoms with E-state index in [1.807, 2.05) is 24.4 Å². The minimum Gasteiger partial charge on any atom is -0.399 e. The summed E-state index contributed by atoms with van der Waals surface area (Å²) in [6.45, 7) is 0. The van der Waals surface area contributed by atoms with E-state index in [2.05, 4.69) is 4.99 Å². The lowest BCUT2D eigenvalue weighted by Gasteiger charge is -1.96. The summed E-state index contributed by atoms with van der Waals surface area (Å²) in [4.78, 5) is 4.16. The van der Waals surface area contributed by atoms with Gasteiger partial charge < -0.3 is 5.73 Å². The Hall–Kier alpha value is -1.31. The van der Waals surface area contributed by atoms with Crippen molar-refractivity contribution in [2.45, 2.75) is 6.42 Å². The molecule has 0 aromatic heterocycles. The van der Waals surface area contributed by atoms with Crippen molar-refractivity contribution >= 4 is 17.6 Å². The van der Waals surface area contributed by atoms with Crippen LogP contribution in [0, 0.1) is 0 Å². The highest BCUT2D eigenvalue weighted by atomic mass is 14.8. The molecule has 0 bridgehead atoms. The van der Waals surface area contributed by atoms with E-state index < -0.39 is 0 Å². The Bertz CT molecular complexity index is 289. The lowest BCUT2D eigenvalue weighted by atomic mass is 10.1. The normalized spacial score (nSPS) is 13.6. The highest BCUT2D eigenvalue weighted by Gasteiger charge is 2.04. The van der Waals surface area contributed by atoms with Gasteiger partial charge in [0, 0.05) is 18.3 Å². The van der Waals surface area contributed by atoms with E-state index in [9.17, 15) is 0 Å². The van der Waals surface area contributed by atoms with E-state index in [1.54, 1.807) is 0 Å². The van der Waals surface area contributed by atoms with Crippen LogP contribution < -0.4 is 5.73 Å². The number of hydrogen-bond donors (Lipinski definition) is 1. The number of nitrogens with zero attached hydrogens (tertiary/aromatic N) is 1. The second-order valence-corrected chi connectivity index (χ2v) is 2.40. The number of nitrogen functional groups attached to an aromatic ring is 1. The van der Waals surface area contributed by atoms with E-state index in [0.717, 1.165) is 17.8 Å². The van der Waals surface area contributed by atoms with Crippen molar-refractivity contribution in [2.24, 2.45) is 4.99 Å². The van der Waals surface area contributed by atoms with Gasteiger partial charge in [0.25, 0.3) is 0 Å². The summed E-state index contributed by atoms with van der Waals surface area (Å²) in [5, 5.41) is 0. The minimum atomic E-state index is 0.790. The fourth-order valence-electron chi connectivity index (χ4n) is 1.12. The van der Waals surface area contributed by atoms with Crippen molar-refractivity contribution in [3.05, 3.63) is 23.8 Å². The summed E-state index contributed by atoms with van der Waals surface area (Å²) >= 11 is 0. The summed E-state index contributed by atoms with van der Waals surface area (Å²) in [6.07, 6.45) is 2.86. The molecule has 1 aromatic rings. The summed E-state index contributed by atoms with van der Waals surface area (Å²) in [5.74, 6) is 0. The number of aliphatic imine (C=N–C) groups is 1. The van der Waals surface area contributed by atoms with Gasteiger partial charge in [-0.1, -0.05) is 6.07 Å². The first kappa shape index (κ1) is 5.47. The Kier molecular flexibility index (Phi) is 1.01. The van der Waals surface area contributed by atoms with E-state index >= 15 is 0 Å². The Morgan fingerprint density at radius 3 is 3.20 bits per heavy atom. The molecule has 50 valence electrons. The molecule has 1 heterocycles. The van der Waals surface area contributed by atoms with Crippen LogP contribution in [0.1, 0.15) is 5.56 Å². The van der Waals surface area contributed by atoms with Crippen LogP contribution in [-0.4, -0.2) is 6.21 Å². The average molecular weight is 132 g/mol. The number of hydrogen-bond acceptors (Lipinski definition) is 2. The second kappa shape index (κ2) is 1.84. The van der Waals surface area contributed by atoms with Crippen LogP contribution in [0.15, 0.2) is 23.2 Å². The Morgan fingerprint density at radius 1 is 1.40 bits per heavy atom. The molecule has 1 aliphatic heterocycles. The zero-order valence-corrected chi connectivity index (χ0v) is 5.54. The third-order valence-electron chi connectivity index (χ3n) is 1.65. The van der Waals surface area contributed by atoms with Crippen molar-refractivity contribution in [2.75, 3.05) is 5.73 Å². The summed E-state index contributed by atoms with van der Waals surface area (Å²) < 4.78 is 0. The number of anilines is 1. The number of fused-ring (bicyclic) bond motifs is 1. The van der Waals surface area contributed by atoms with Gasteiger partial charge >= 0.3 is 0 Å². The molecule has 0 saturated heterocycles. The third kappa shape index (κ3) is 0.692. The molecular weight excluding hydrogens is 124 g/mol. The maximum absolute atomic E-state index is 5.56. The SMILES string of the molecule is Nc1ccc2c(c1)N=CC2. The summed E-state index contributed by atoms with van der Waals surface area (Å²) in [5.41, 5.74) is 8.65. The van der Waals surface area contributed by atoms with Gasteiger partial charge in [-0.15, -0.1) is 0 Å². The molecule has 2 nitrogen and oxygen atoms in total. The first-order valence-corrected chi connectivity index (χ1v) is 3.27. The van der Waals surface area contributed by atoms with Crippen LogP contribution >= 0.6 is 0 Å². The zero-order chi connectivity index (χ0) is 6.97. The van der Waals surface area contributed by atoms with Crippen LogP contribution in [0.5, 0.6) is 0 Å². The molecule has 0 fully saturated rings. The molecule has 2 N–H and O–H groups in total. The predicted molar refractivity (Wildman–Crippen MR) is 42.7 cm³/mol. The lowest BCUT2D eigenvalue weighted by molar-refractivity contribution is 1.41. The molecule has 0 radical (unpaired) electrons. The third-order valence-corrected chi connectivity index (χ3v) is 1.65. The molecule has 1 aromatic carbocycles. The van der Waals surface area contributed by atoms with Crippen LogP contribution in [-0.2, 0) is 6.42 Å². The number of benzene rings is 1. The van der Waals surface area contributed by atoms with Gasteiger partial charge in [-0.05, 0) is 17.7 Å². The van der Waals surface area contributed by atoms with E-state index in [4.69, 9.17) is 5.73 Å². The quantitative estimate of drug-likeness (QED) is 0.534. The van der Waals surface area contributed by atoms with Crippen LogP contribution in [0.3, 0.4) is 0 Å². The molecule has 2 heteroatoms. The van der Waals surface area contributed by atoms with Crippen LogP contribution in [0.25, 0.3) is 0 Å². The largest absolute Gasteiger partial charge is 0.399 e. The summed E-state index contributed by atoms with van der Waals surface area (Å²) in [7, 11) is 0. The van der Waals surface area contributed by atoms with Gasteiger partial charge in [0.2, 0.25) is 0 Å². The Morgan fingerprint density at radius 2 is 2.30 bits per heavy atom. The molecule has 1 aliphatic rings.